The fourth-order valence-electron chi connectivity index (χ4n) is 2.83. The van der Waals surface area contributed by atoms with Gasteiger partial charge in [-0.2, -0.15) is 0 Å². The van der Waals surface area contributed by atoms with Crippen LogP contribution in [0.15, 0.2) is 22.7 Å². The molecule has 1 fully saturated rings. The highest BCUT2D eigenvalue weighted by atomic mass is 79.9. The van der Waals surface area contributed by atoms with E-state index in [4.69, 9.17) is 4.74 Å². The molecule has 1 aromatic rings. The van der Waals surface area contributed by atoms with Crippen LogP contribution in [0.25, 0.3) is 0 Å². The molecule has 1 N–H and O–H groups in total. The van der Waals surface area contributed by atoms with E-state index in [9.17, 15) is 0 Å². The van der Waals surface area contributed by atoms with Gasteiger partial charge in [0.1, 0.15) is 5.75 Å². The van der Waals surface area contributed by atoms with Crippen LogP contribution >= 0.6 is 15.9 Å². The highest BCUT2D eigenvalue weighted by molar-refractivity contribution is 9.10. The van der Waals surface area contributed by atoms with Crippen molar-refractivity contribution >= 4 is 15.9 Å². The molecule has 0 unspecified atom stereocenters. The summed E-state index contributed by atoms with van der Waals surface area (Å²) in [5, 5.41) is 3.44. The zero-order chi connectivity index (χ0) is 14.4. The molecule has 20 heavy (non-hydrogen) atoms. The second-order valence-electron chi connectivity index (χ2n) is 5.33. The molecule has 1 atom stereocenters. The number of unbranched alkanes of at least 4 members (excludes halogenated alkanes) is 1. The van der Waals surface area contributed by atoms with E-state index in [1.165, 1.54) is 29.3 Å². The first-order valence-corrected chi connectivity index (χ1v) is 8.33. The zero-order valence-electron chi connectivity index (χ0n) is 12.5. The summed E-state index contributed by atoms with van der Waals surface area (Å²) in [6.45, 7) is 6.68. The van der Waals surface area contributed by atoms with Crippen molar-refractivity contribution in [1.29, 1.82) is 0 Å². The van der Waals surface area contributed by atoms with Crippen LogP contribution in [0.2, 0.25) is 0 Å². The third-order valence-corrected chi connectivity index (χ3v) is 4.71. The zero-order valence-corrected chi connectivity index (χ0v) is 14.1. The number of benzene rings is 1. The molecule has 112 valence electrons. The molecule has 0 spiro atoms. The van der Waals surface area contributed by atoms with E-state index in [0.717, 1.165) is 31.9 Å². The standard InChI is InChI=1S/C16H25BrN2O/c1-3-4-5-16(19-10-8-18-9-11-19)14-12-13(20-2)6-7-15(14)17/h6-7,12,16,18H,3-5,8-11H2,1-2H3/t16-/m0/s1. The Morgan fingerprint density at radius 3 is 2.75 bits per heavy atom. The van der Waals surface area contributed by atoms with Crippen molar-refractivity contribution in [3.63, 3.8) is 0 Å². The van der Waals surface area contributed by atoms with Gasteiger partial charge >= 0.3 is 0 Å². The smallest absolute Gasteiger partial charge is 0.119 e. The minimum Gasteiger partial charge on any atom is -0.497 e. The van der Waals surface area contributed by atoms with Crippen LogP contribution < -0.4 is 10.1 Å². The Balaban J connectivity index is 2.24. The number of rotatable bonds is 6. The fourth-order valence-corrected chi connectivity index (χ4v) is 3.34. The molecule has 0 bridgehead atoms. The largest absolute Gasteiger partial charge is 0.497 e. The highest BCUT2D eigenvalue weighted by Gasteiger charge is 2.23. The molecule has 1 heterocycles. The molecule has 1 saturated heterocycles. The quantitative estimate of drug-likeness (QED) is 0.856. The third-order valence-electron chi connectivity index (χ3n) is 3.99. The van der Waals surface area contributed by atoms with E-state index in [1.54, 1.807) is 7.11 Å². The number of ether oxygens (including phenoxy) is 1. The lowest BCUT2D eigenvalue weighted by molar-refractivity contribution is 0.162. The molecular formula is C16H25BrN2O. The van der Waals surface area contributed by atoms with E-state index < -0.39 is 0 Å². The van der Waals surface area contributed by atoms with Gasteiger partial charge in [-0.25, -0.2) is 0 Å². The van der Waals surface area contributed by atoms with Crippen molar-refractivity contribution in [2.45, 2.75) is 32.2 Å². The maximum Gasteiger partial charge on any atom is 0.119 e. The Labute approximate surface area is 130 Å². The van der Waals surface area contributed by atoms with Crippen LogP contribution in [-0.2, 0) is 0 Å². The Morgan fingerprint density at radius 1 is 1.35 bits per heavy atom. The minimum atomic E-state index is 0.488. The van der Waals surface area contributed by atoms with Crippen molar-refractivity contribution in [2.75, 3.05) is 33.3 Å². The Morgan fingerprint density at radius 2 is 2.10 bits per heavy atom. The van der Waals surface area contributed by atoms with Gasteiger partial charge in [0.2, 0.25) is 0 Å². The van der Waals surface area contributed by atoms with E-state index in [1.807, 2.05) is 6.07 Å². The number of hydrogen-bond donors (Lipinski definition) is 1. The van der Waals surface area contributed by atoms with Crippen molar-refractivity contribution < 1.29 is 4.74 Å². The first-order chi connectivity index (χ1) is 9.76. The number of hydrogen-bond acceptors (Lipinski definition) is 3. The van der Waals surface area contributed by atoms with Crippen molar-refractivity contribution in [3.8, 4) is 5.75 Å². The SMILES string of the molecule is CCCC[C@@H](c1cc(OC)ccc1Br)N1CCNCC1. The lowest BCUT2D eigenvalue weighted by Crippen LogP contribution is -2.45. The second kappa shape index (κ2) is 8.01. The number of nitrogens with one attached hydrogen (secondary N) is 1. The van der Waals surface area contributed by atoms with Gasteiger partial charge in [-0.15, -0.1) is 0 Å². The van der Waals surface area contributed by atoms with Gasteiger partial charge in [0.25, 0.3) is 0 Å². The molecule has 0 radical (unpaired) electrons. The number of halogens is 1. The molecule has 2 rings (SSSR count). The van der Waals surface area contributed by atoms with Crippen molar-refractivity contribution in [2.24, 2.45) is 0 Å². The predicted octanol–water partition coefficient (Wildman–Crippen LogP) is 3.59. The average Bonchev–Trinajstić information content (AvgIpc) is 2.50. The summed E-state index contributed by atoms with van der Waals surface area (Å²) in [5.41, 5.74) is 1.36. The molecule has 1 aliphatic heterocycles. The molecule has 1 aromatic carbocycles. The monoisotopic (exact) mass is 340 g/mol. The Hall–Kier alpha value is -0.580. The first kappa shape index (κ1) is 15.8. The Bertz CT molecular complexity index is 419. The molecule has 1 aliphatic rings. The van der Waals surface area contributed by atoms with Gasteiger partial charge in [0.05, 0.1) is 7.11 Å². The van der Waals surface area contributed by atoms with Gasteiger partial charge in [-0.05, 0) is 30.2 Å². The van der Waals surface area contributed by atoms with Crippen LogP contribution in [0, 0.1) is 0 Å². The van der Waals surface area contributed by atoms with Crippen LogP contribution in [0.3, 0.4) is 0 Å². The third kappa shape index (κ3) is 3.96. The summed E-state index contributed by atoms with van der Waals surface area (Å²) in [6.07, 6.45) is 3.71. The average molecular weight is 341 g/mol. The molecule has 4 heteroatoms. The van der Waals surface area contributed by atoms with Gasteiger partial charge in [-0.1, -0.05) is 35.7 Å². The number of piperazine rings is 1. The lowest BCUT2D eigenvalue weighted by atomic mass is 9.98. The summed E-state index contributed by atoms with van der Waals surface area (Å²) in [4.78, 5) is 2.60. The number of methoxy groups -OCH3 is 1. The van der Waals surface area contributed by atoms with E-state index >= 15 is 0 Å². The van der Waals surface area contributed by atoms with E-state index in [2.05, 4.69) is 45.2 Å². The van der Waals surface area contributed by atoms with Gasteiger partial charge in [0.15, 0.2) is 0 Å². The molecular weight excluding hydrogens is 316 g/mol. The summed E-state index contributed by atoms with van der Waals surface area (Å²) in [6, 6.07) is 6.80. The molecule has 0 aliphatic carbocycles. The van der Waals surface area contributed by atoms with Crippen LogP contribution in [0.4, 0.5) is 0 Å². The maximum absolute atomic E-state index is 5.40. The second-order valence-corrected chi connectivity index (χ2v) is 6.19. The fraction of sp³-hybridized carbons (Fsp3) is 0.625. The predicted molar refractivity (Wildman–Crippen MR) is 87.4 cm³/mol. The van der Waals surface area contributed by atoms with Crippen LogP contribution in [0.5, 0.6) is 5.75 Å². The topological polar surface area (TPSA) is 24.5 Å². The summed E-state index contributed by atoms with van der Waals surface area (Å²) < 4.78 is 6.59. The molecule has 0 aromatic heterocycles. The number of nitrogens with zero attached hydrogens (tertiary/aromatic N) is 1. The van der Waals surface area contributed by atoms with Crippen LogP contribution in [0.1, 0.15) is 37.8 Å². The molecule has 0 amide bonds. The highest BCUT2D eigenvalue weighted by Crippen LogP contribution is 2.34. The van der Waals surface area contributed by atoms with Gasteiger partial charge in [-0.3, -0.25) is 4.90 Å². The molecule has 0 saturated carbocycles. The van der Waals surface area contributed by atoms with Gasteiger partial charge < -0.3 is 10.1 Å². The summed E-state index contributed by atoms with van der Waals surface area (Å²) in [5.74, 6) is 0.944. The first-order valence-electron chi connectivity index (χ1n) is 7.54. The van der Waals surface area contributed by atoms with Crippen molar-refractivity contribution in [3.05, 3.63) is 28.2 Å². The summed E-state index contributed by atoms with van der Waals surface area (Å²) >= 11 is 3.72. The van der Waals surface area contributed by atoms with Crippen molar-refractivity contribution in [1.82, 2.24) is 10.2 Å². The Kier molecular flexibility index (Phi) is 6.33. The van der Waals surface area contributed by atoms with Gasteiger partial charge in [0, 0.05) is 36.7 Å². The van der Waals surface area contributed by atoms with E-state index in [-0.39, 0.29) is 0 Å². The summed E-state index contributed by atoms with van der Waals surface area (Å²) in [7, 11) is 1.74. The minimum absolute atomic E-state index is 0.488. The van der Waals surface area contributed by atoms with E-state index in [0.29, 0.717) is 6.04 Å². The lowest BCUT2D eigenvalue weighted by Gasteiger charge is -2.36. The maximum atomic E-state index is 5.40. The van der Waals surface area contributed by atoms with Crippen LogP contribution in [-0.4, -0.2) is 38.2 Å². The molecule has 3 nitrogen and oxygen atoms in total. The normalized spacial score (nSPS) is 17.9.